The Morgan fingerprint density at radius 2 is 1.53 bits per heavy atom. The molecule has 0 aliphatic rings. The molecule has 0 bridgehead atoms. The molecular formula is C13H28N2. The summed E-state index contributed by atoms with van der Waals surface area (Å²) in [5, 5.41) is 8.24. The molecule has 2 nitrogen and oxygen atoms in total. The second-order valence-corrected chi connectivity index (χ2v) is 4.27. The van der Waals surface area contributed by atoms with E-state index in [1.54, 1.807) is 0 Å². The maximum Gasteiger partial charge on any atom is 0.0989 e. The Morgan fingerprint density at radius 1 is 1.00 bits per heavy atom. The molecule has 0 rings (SSSR count). The van der Waals surface area contributed by atoms with E-state index in [2.05, 4.69) is 32.6 Å². The number of hydrogen-bond donors (Lipinski definition) is 1. The maximum atomic E-state index is 8.24. The fourth-order valence-electron chi connectivity index (χ4n) is 2.03. The fourth-order valence-corrected chi connectivity index (χ4v) is 2.03. The van der Waals surface area contributed by atoms with Gasteiger partial charge in [0.25, 0.3) is 0 Å². The Labute approximate surface area is 95.6 Å². The molecule has 90 valence electrons. The zero-order valence-corrected chi connectivity index (χ0v) is 11.0. The topological polar surface area (TPSA) is 27.1 Å². The molecule has 0 saturated carbocycles. The maximum absolute atomic E-state index is 8.24. The van der Waals surface area contributed by atoms with Crippen LogP contribution >= 0.6 is 0 Å². The minimum Gasteiger partial charge on any atom is -0.360 e. The summed E-state index contributed by atoms with van der Waals surface area (Å²) < 4.78 is 0. The van der Waals surface area contributed by atoms with E-state index in [9.17, 15) is 0 Å². The van der Waals surface area contributed by atoms with Crippen LogP contribution in [-0.2, 0) is 0 Å². The van der Waals surface area contributed by atoms with E-state index in [1.807, 2.05) is 0 Å². The molecule has 0 amide bonds. The van der Waals surface area contributed by atoms with E-state index in [0.717, 1.165) is 38.2 Å². The average Bonchev–Trinajstić information content (AvgIpc) is 2.24. The van der Waals surface area contributed by atoms with Crippen molar-refractivity contribution in [1.82, 2.24) is 4.90 Å². The third kappa shape index (κ3) is 5.19. The zero-order chi connectivity index (χ0) is 11.7. The molecule has 0 aliphatic carbocycles. The summed E-state index contributed by atoms with van der Waals surface area (Å²) in [7, 11) is 0. The number of nitrogens with zero attached hydrogens (tertiary/aromatic N) is 1. The van der Waals surface area contributed by atoms with Gasteiger partial charge in [-0.2, -0.15) is 0 Å². The van der Waals surface area contributed by atoms with Crippen molar-refractivity contribution in [3.8, 4) is 0 Å². The summed E-state index contributed by atoms with van der Waals surface area (Å²) in [5.41, 5.74) is 0. The van der Waals surface area contributed by atoms with Gasteiger partial charge in [-0.1, -0.05) is 34.1 Å². The second kappa shape index (κ2) is 8.75. The van der Waals surface area contributed by atoms with Crippen molar-refractivity contribution in [2.24, 2.45) is 5.92 Å². The first-order chi connectivity index (χ1) is 7.21. The van der Waals surface area contributed by atoms with Crippen LogP contribution in [0.2, 0.25) is 0 Å². The number of nitrogens with one attached hydrogen (secondary N) is 1. The second-order valence-electron chi connectivity index (χ2n) is 4.27. The molecule has 0 aromatic carbocycles. The lowest BCUT2D eigenvalue weighted by molar-refractivity contribution is 0.378. The van der Waals surface area contributed by atoms with E-state index in [4.69, 9.17) is 5.41 Å². The summed E-state index contributed by atoms with van der Waals surface area (Å²) in [5.74, 6) is 1.36. The van der Waals surface area contributed by atoms with Crippen LogP contribution in [0, 0.1) is 11.3 Å². The molecule has 0 fully saturated rings. The van der Waals surface area contributed by atoms with Gasteiger partial charge in [-0.25, -0.2) is 0 Å². The van der Waals surface area contributed by atoms with Gasteiger partial charge in [0.15, 0.2) is 0 Å². The predicted octanol–water partition coefficient (Wildman–Crippen LogP) is 3.91. The first kappa shape index (κ1) is 14.5. The van der Waals surface area contributed by atoms with Gasteiger partial charge >= 0.3 is 0 Å². The number of rotatable bonds is 8. The zero-order valence-electron chi connectivity index (χ0n) is 11.0. The molecule has 0 saturated heterocycles. The van der Waals surface area contributed by atoms with Crippen molar-refractivity contribution < 1.29 is 0 Å². The predicted molar refractivity (Wildman–Crippen MR) is 68.6 cm³/mol. The molecular weight excluding hydrogens is 184 g/mol. The summed E-state index contributed by atoms with van der Waals surface area (Å²) in [6.07, 6.45) is 5.75. The van der Waals surface area contributed by atoms with Gasteiger partial charge in [0.2, 0.25) is 0 Å². The van der Waals surface area contributed by atoms with Crippen molar-refractivity contribution in [3.05, 3.63) is 0 Å². The summed E-state index contributed by atoms with van der Waals surface area (Å²) in [6, 6.07) is 0. The normalized spacial score (nSPS) is 12.5. The van der Waals surface area contributed by atoms with Gasteiger partial charge in [0.05, 0.1) is 5.84 Å². The standard InChI is InChI=1S/C13H28N2/c1-5-9-12(8-4)13(14)15(10-6-2)11-7-3/h12,14H,5-11H2,1-4H3. The molecule has 1 N–H and O–H groups in total. The van der Waals surface area contributed by atoms with Crippen molar-refractivity contribution in [2.75, 3.05) is 13.1 Å². The van der Waals surface area contributed by atoms with Crippen LogP contribution < -0.4 is 0 Å². The third-order valence-electron chi connectivity index (χ3n) is 2.84. The quantitative estimate of drug-likeness (QED) is 0.479. The van der Waals surface area contributed by atoms with Crippen LogP contribution in [-0.4, -0.2) is 23.8 Å². The SMILES string of the molecule is CCCC(CC)C(=N)N(CCC)CCC. The lowest BCUT2D eigenvalue weighted by Gasteiger charge is -2.29. The highest BCUT2D eigenvalue weighted by Crippen LogP contribution is 2.15. The molecule has 0 aromatic rings. The number of amidine groups is 1. The Kier molecular flexibility index (Phi) is 8.44. The molecule has 1 atom stereocenters. The lowest BCUT2D eigenvalue weighted by Crippen LogP contribution is -2.36. The van der Waals surface area contributed by atoms with Gasteiger partial charge in [-0.15, -0.1) is 0 Å². The summed E-state index contributed by atoms with van der Waals surface area (Å²) >= 11 is 0. The third-order valence-corrected chi connectivity index (χ3v) is 2.84. The van der Waals surface area contributed by atoms with Gasteiger partial charge < -0.3 is 4.90 Å². The van der Waals surface area contributed by atoms with Gasteiger partial charge in [0.1, 0.15) is 0 Å². The Hall–Kier alpha value is -0.530. The van der Waals surface area contributed by atoms with Gasteiger partial charge in [0, 0.05) is 19.0 Å². The summed E-state index contributed by atoms with van der Waals surface area (Å²) in [6.45, 7) is 10.9. The van der Waals surface area contributed by atoms with Crippen LogP contribution in [0.3, 0.4) is 0 Å². The van der Waals surface area contributed by atoms with Crippen LogP contribution in [0.15, 0.2) is 0 Å². The highest BCUT2D eigenvalue weighted by Gasteiger charge is 2.16. The van der Waals surface area contributed by atoms with Crippen molar-refractivity contribution >= 4 is 5.84 Å². The van der Waals surface area contributed by atoms with Crippen LogP contribution in [0.4, 0.5) is 0 Å². The first-order valence-corrected chi connectivity index (χ1v) is 6.54. The molecule has 0 heterocycles. The molecule has 0 spiro atoms. The highest BCUT2D eigenvalue weighted by atomic mass is 15.2. The molecule has 0 aromatic heterocycles. The Bertz CT molecular complexity index is 160. The smallest absolute Gasteiger partial charge is 0.0989 e. The molecule has 15 heavy (non-hydrogen) atoms. The largest absolute Gasteiger partial charge is 0.360 e. The molecule has 0 aliphatic heterocycles. The molecule has 1 unspecified atom stereocenters. The van der Waals surface area contributed by atoms with Gasteiger partial charge in [-0.3, -0.25) is 5.41 Å². The average molecular weight is 212 g/mol. The van der Waals surface area contributed by atoms with Crippen molar-refractivity contribution in [2.45, 2.75) is 59.8 Å². The highest BCUT2D eigenvalue weighted by molar-refractivity contribution is 5.81. The number of hydrogen-bond acceptors (Lipinski definition) is 1. The monoisotopic (exact) mass is 212 g/mol. The van der Waals surface area contributed by atoms with Crippen LogP contribution in [0.25, 0.3) is 0 Å². The molecule has 2 heteroatoms. The van der Waals surface area contributed by atoms with Gasteiger partial charge in [-0.05, 0) is 25.7 Å². The van der Waals surface area contributed by atoms with E-state index in [1.165, 1.54) is 12.8 Å². The van der Waals surface area contributed by atoms with E-state index < -0.39 is 0 Å². The first-order valence-electron chi connectivity index (χ1n) is 6.54. The summed E-state index contributed by atoms with van der Waals surface area (Å²) in [4.78, 5) is 2.27. The van der Waals surface area contributed by atoms with Crippen molar-refractivity contribution in [1.29, 1.82) is 5.41 Å². The minimum atomic E-state index is 0.480. The van der Waals surface area contributed by atoms with E-state index in [0.29, 0.717) is 5.92 Å². The molecule has 0 radical (unpaired) electrons. The minimum absolute atomic E-state index is 0.480. The van der Waals surface area contributed by atoms with E-state index in [-0.39, 0.29) is 0 Å². The van der Waals surface area contributed by atoms with E-state index >= 15 is 0 Å². The van der Waals surface area contributed by atoms with Crippen LogP contribution in [0.1, 0.15) is 59.8 Å². The van der Waals surface area contributed by atoms with Crippen molar-refractivity contribution in [3.63, 3.8) is 0 Å². The lowest BCUT2D eigenvalue weighted by atomic mass is 9.98. The Morgan fingerprint density at radius 3 is 1.87 bits per heavy atom. The fraction of sp³-hybridized carbons (Fsp3) is 0.923. The Balaban J connectivity index is 4.29. The van der Waals surface area contributed by atoms with Crippen LogP contribution in [0.5, 0.6) is 0 Å².